The number of benzene rings is 2. The van der Waals surface area contributed by atoms with Gasteiger partial charge in [-0.05, 0) is 79.5 Å². The average molecular weight is 588 g/mol. The van der Waals surface area contributed by atoms with E-state index in [1.807, 2.05) is 0 Å². The molecular formula is C20H13Br2FN2O6S. The van der Waals surface area contributed by atoms with Gasteiger partial charge in [0.15, 0.2) is 6.61 Å². The fourth-order valence-corrected chi connectivity index (χ4v) is 4.91. The monoisotopic (exact) mass is 586 g/mol. The zero-order valence-corrected chi connectivity index (χ0v) is 19.9. The van der Waals surface area contributed by atoms with Gasteiger partial charge in [0.05, 0.1) is 19.5 Å². The van der Waals surface area contributed by atoms with Crippen LogP contribution in [0.15, 0.2) is 50.2 Å². The number of carboxylic acids is 1. The molecule has 2 aromatic carbocycles. The summed E-state index contributed by atoms with van der Waals surface area (Å²) >= 11 is 7.22. The van der Waals surface area contributed by atoms with Gasteiger partial charge in [0.1, 0.15) is 18.1 Å². The Hall–Kier alpha value is -2.70. The number of imide groups is 1. The molecule has 1 aliphatic heterocycles. The Morgan fingerprint density at radius 1 is 1.19 bits per heavy atom. The van der Waals surface area contributed by atoms with Crippen LogP contribution in [0.4, 0.5) is 14.9 Å². The van der Waals surface area contributed by atoms with E-state index in [1.54, 1.807) is 12.1 Å². The normalized spacial score (nSPS) is 14.7. The van der Waals surface area contributed by atoms with Crippen LogP contribution in [-0.2, 0) is 14.4 Å². The molecule has 1 fully saturated rings. The minimum absolute atomic E-state index is 0.0556. The molecule has 1 aliphatic rings. The fraction of sp³-hybridized carbons (Fsp3) is 0.100. The van der Waals surface area contributed by atoms with Gasteiger partial charge >= 0.3 is 5.97 Å². The number of thioether (sulfide) groups is 1. The Morgan fingerprint density at radius 2 is 1.84 bits per heavy atom. The van der Waals surface area contributed by atoms with E-state index in [4.69, 9.17) is 9.84 Å². The van der Waals surface area contributed by atoms with Gasteiger partial charge in [0.25, 0.3) is 11.1 Å². The second kappa shape index (κ2) is 10.3. The first-order valence-corrected chi connectivity index (χ1v) is 11.2. The molecule has 0 unspecified atom stereocenters. The topological polar surface area (TPSA) is 113 Å². The minimum Gasteiger partial charge on any atom is -0.480 e. The summed E-state index contributed by atoms with van der Waals surface area (Å²) in [6.07, 6.45) is 1.45. The summed E-state index contributed by atoms with van der Waals surface area (Å²) in [5.74, 6) is -2.89. The highest BCUT2D eigenvalue weighted by atomic mass is 79.9. The molecule has 0 radical (unpaired) electrons. The first kappa shape index (κ1) is 24.0. The third-order valence-corrected chi connectivity index (χ3v) is 6.07. The lowest BCUT2D eigenvalue weighted by atomic mass is 10.2. The SMILES string of the molecule is O=C(O)COc1c(Br)cc(/C=C2\SC(=O)N(CC(=O)Nc3ccccc3F)C2=O)cc1Br. The summed E-state index contributed by atoms with van der Waals surface area (Å²) < 4.78 is 19.7. The van der Waals surface area contributed by atoms with Gasteiger partial charge in [-0.3, -0.25) is 19.3 Å². The lowest BCUT2D eigenvalue weighted by molar-refractivity contribution is -0.139. The minimum atomic E-state index is -1.14. The summed E-state index contributed by atoms with van der Waals surface area (Å²) in [6.45, 7) is -1.10. The third kappa shape index (κ3) is 5.75. The first-order chi connectivity index (χ1) is 15.2. The van der Waals surface area contributed by atoms with E-state index in [2.05, 4.69) is 37.2 Å². The smallest absolute Gasteiger partial charge is 0.341 e. The number of amides is 3. The molecule has 1 heterocycles. The number of hydrogen-bond acceptors (Lipinski definition) is 6. The molecule has 0 bridgehead atoms. The van der Waals surface area contributed by atoms with E-state index in [0.717, 1.165) is 4.90 Å². The van der Waals surface area contributed by atoms with E-state index in [-0.39, 0.29) is 16.3 Å². The maximum atomic E-state index is 13.7. The number of hydrogen-bond donors (Lipinski definition) is 2. The Morgan fingerprint density at radius 3 is 2.47 bits per heavy atom. The van der Waals surface area contributed by atoms with Crippen molar-refractivity contribution in [1.29, 1.82) is 0 Å². The van der Waals surface area contributed by atoms with Crippen molar-refractivity contribution < 1.29 is 33.4 Å². The number of ether oxygens (including phenoxy) is 1. The van der Waals surface area contributed by atoms with Gasteiger partial charge in [-0.1, -0.05) is 12.1 Å². The van der Waals surface area contributed by atoms with E-state index >= 15 is 0 Å². The molecule has 3 rings (SSSR count). The highest BCUT2D eigenvalue weighted by Crippen LogP contribution is 2.37. The van der Waals surface area contributed by atoms with Crippen molar-refractivity contribution >= 4 is 78.4 Å². The molecule has 32 heavy (non-hydrogen) atoms. The number of carbonyl (C=O) groups is 4. The fourth-order valence-electron chi connectivity index (χ4n) is 2.62. The summed E-state index contributed by atoms with van der Waals surface area (Å²) in [7, 11) is 0. The summed E-state index contributed by atoms with van der Waals surface area (Å²) in [4.78, 5) is 48.6. The average Bonchev–Trinajstić information content (AvgIpc) is 2.96. The molecule has 2 aromatic rings. The number of rotatable bonds is 7. The van der Waals surface area contributed by atoms with Crippen molar-refractivity contribution in [3.05, 3.63) is 61.6 Å². The number of carbonyl (C=O) groups excluding carboxylic acids is 3. The molecule has 166 valence electrons. The molecule has 1 saturated heterocycles. The first-order valence-electron chi connectivity index (χ1n) is 8.79. The van der Waals surface area contributed by atoms with E-state index in [1.165, 1.54) is 30.3 Å². The number of halogens is 3. The van der Waals surface area contributed by atoms with Crippen LogP contribution in [0.5, 0.6) is 5.75 Å². The molecule has 12 heteroatoms. The van der Waals surface area contributed by atoms with Gasteiger partial charge < -0.3 is 15.2 Å². The van der Waals surface area contributed by atoms with E-state index < -0.39 is 42.0 Å². The predicted molar refractivity (Wildman–Crippen MR) is 123 cm³/mol. The van der Waals surface area contributed by atoms with Crippen LogP contribution in [0.3, 0.4) is 0 Å². The second-order valence-corrected chi connectivity index (χ2v) is 8.99. The number of carboxylic acid groups (broad SMARTS) is 1. The van der Waals surface area contributed by atoms with Crippen molar-refractivity contribution in [2.45, 2.75) is 0 Å². The highest BCUT2D eigenvalue weighted by Gasteiger charge is 2.36. The zero-order valence-electron chi connectivity index (χ0n) is 15.9. The molecule has 0 spiro atoms. The van der Waals surface area contributed by atoms with E-state index in [9.17, 15) is 23.6 Å². The Labute approximate surface area is 202 Å². The summed E-state index contributed by atoms with van der Waals surface area (Å²) in [6, 6.07) is 8.71. The highest BCUT2D eigenvalue weighted by molar-refractivity contribution is 9.11. The molecule has 3 amide bonds. The maximum Gasteiger partial charge on any atom is 0.341 e. The van der Waals surface area contributed by atoms with Crippen molar-refractivity contribution in [2.24, 2.45) is 0 Å². The lowest BCUT2D eigenvalue weighted by Crippen LogP contribution is -2.36. The van der Waals surface area contributed by atoms with E-state index in [0.29, 0.717) is 26.3 Å². The van der Waals surface area contributed by atoms with Crippen molar-refractivity contribution in [1.82, 2.24) is 4.90 Å². The number of para-hydroxylation sites is 1. The molecule has 8 nitrogen and oxygen atoms in total. The van der Waals surface area contributed by atoms with Crippen LogP contribution >= 0.6 is 43.6 Å². The molecular weight excluding hydrogens is 575 g/mol. The standard InChI is InChI=1S/C20H13Br2FN2O6S/c21-11-5-10(6-12(22)18(11)31-9-17(27)28)7-15-19(29)25(20(30)32-15)8-16(26)24-14-4-2-1-3-13(14)23/h1-7H,8-9H2,(H,24,26)(H,27,28)/b15-7-. The second-order valence-electron chi connectivity index (χ2n) is 6.29. The van der Waals surface area contributed by atoms with Gasteiger partial charge in [-0.15, -0.1) is 0 Å². The van der Waals surface area contributed by atoms with Crippen LogP contribution in [0, 0.1) is 5.82 Å². The Kier molecular flexibility index (Phi) is 7.69. The molecule has 2 N–H and O–H groups in total. The third-order valence-electron chi connectivity index (χ3n) is 3.98. The number of nitrogens with zero attached hydrogens (tertiary/aromatic N) is 1. The quantitative estimate of drug-likeness (QED) is 0.459. The van der Waals surface area contributed by atoms with Crippen LogP contribution in [-0.4, -0.2) is 46.2 Å². The lowest BCUT2D eigenvalue weighted by Gasteiger charge is -2.12. The predicted octanol–water partition coefficient (Wildman–Crippen LogP) is 4.49. The Balaban J connectivity index is 1.73. The van der Waals surface area contributed by atoms with Crippen molar-refractivity contribution in [3.63, 3.8) is 0 Å². The van der Waals surface area contributed by atoms with Crippen molar-refractivity contribution in [2.75, 3.05) is 18.5 Å². The van der Waals surface area contributed by atoms with Crippen molar-refractivity contribution in [3.8, 4) is 5.75 Å². The van der Waals surface area contributed by atoms with Gasteiger partial charge in [0, 0.05) is 0 Å². The number of aliphatic carboxylic acids is 1. The summed E-state index contributed by atoms with van der Waals surface area (Å²) in [5, 5.41) is 10.4. The van der Waals surface area contributed by atoms with Crippen LogP contribution < -0.4 is 10.1 Å². The Bertz CT molecular complexity index is 1130. The van der Waals surface area contributed by atoms with Gasteiger partial charge in [-0.2, -0.15) is 0 Å². The van der Waals surface area contributed by atoms with Crippen LogP contribution in [0.1, 0.15) is 5.56 Å². The number of nitrogens with one attached hydrogen (secondary N) is 1. The maximum absolute atomic E-state index is 13.7. The van der Waals surface area contributed by atoms with Gasteiger partial charge in [0.2, 0.25) is 5.91 Å². The van der Waals surface area contributed by atoms with Gasteiger partial charge in [-0.25, -0.2) is 9.18 Å². The molecule has 0 aliphatic carbocycles. The molecule has 0 atom stereocenters. The zero-order chi connectivity index (χ0) is 23.4. The largest absolute Gasteiger partial charge is 0.480 e. The summed E-state index contributed by atoms with van der Waals surface area (Å²) in [5.41, 5.74) is 0.465. The van der Waals surface area contributed by atoms with Crippen LogP contribution in [0.2, 0.25) is 0 Å². The van der Waals surface area contributed by atoms with Crippen LogP contribution in [0.25, 0.3) is 6.08 Å². The molecule has 0 saturated carbocycles. The molecule has 0 aromatic heterocycles. The number of anilines is 1.